The van der Waals surface area contributed by atoms with E-state index in [1.54, 1.807) is 0 Å². The van der Waals surface area contributed by atoms with Gasteiger partial charge < -0.3 is 4.57 Å². The number of rotatable bonds is 3. The van der Waals surface area contributed by atoms with E-state index < -0.39 is 0 Å². The molecule has 0 fully saturated rings. The summed E-state index contributed by atoms with van der Waals surface area (Å²) in [5.41, 5.74) is 6.36. The molecule has 4 heteroatoms. The Bertz CT molecular complexity index is 605. The van der Waals surface area contributed by atoms with Crippen LogP contribution >= 0.6 is 0 Å². The van der Waals surface area contributed by atoms with Crippen LogP contribution in [0, 0.1) is 27.7 Å². The van der Waals surface area contributed by atoms with E-state index in [1.807, 2.05) is 38.6 Å². The average Bonchev–Trinajstić information content (AvgIpc) is 2.72. The minimum Gasteiger partial charge on any atom is -0.344 e. The molecule has 0 amide bonds. The summed E-state index contributed by atoms with van der Waals surface area (Å²) in [5.74, 6) is 0. The third-order valence-electron chi connectivity index (χ3n) is 3.71. The van der Waals surface area contributed by atoms with Gasteiger partial charge in [0.2, 0.25) is 0 Å². The third-order valence-corrected chi connectivity index (χ3v) is 3.71. The summed E-state index contributed by atoms with van der Waals surface area (Å²) < 4.78 is 4.07. The van der Waals surface area contributed by atoms with Crippen molar-refractivity contribution in [3.8, 4) is 0 Å². The molecule has 0 aliphatic rings. The van der Waals surface area contributed by atoms with Gasteiger partial charge in [0.05, 0.1) is 12.2 Å². The molecule has 0 saturated heterocycles. The number of nitrogens with zero attached hydrogens (tertiary/aromatic N) is 3. The first kappa shape index (κ1) is 12.6. The minimum atomic E-state index is 0.770. The lowest BCUT2D eigenvalue weighted by molar-refractivity contribution is 0.112. The Balaban J connectivity index is 2.46. The molecule has 0 radical (unpaired) electrons. The fourth-order valence-corrected chi connectivity index (χ4v) is 2.39. The monoisotopic (exact) mass is 245 g/mol. The molecule has 2 rings (SSSR count). The van der Waals surface area contributed by atoms with Gasteiger partial charge in [-0.25, -0.2) is 0 Å². The standard InChI is InChI=1S/C14H19N3O/c1-9-6-13(8-18)11(3)17(9)7-14-10(2)15-16(5)12(14)4/h6,8H,7H2,1-5H3. The fraction of sp³-hybridized carbons (Fsp3) is 0.429. The first-order valence-corrected chi connectivity index (χ1v) is 6.06. The fourth-order valence-electron chi connectivity index (χ4n) is 2.39. The van der Waals surface area contributed by atoms with Gasteiger partial charge in [0.25, 0.3) is 0 Å². The molecule has 96 valence electrons. The molecular weight excluding hydrogens is 226 g/mol. The Hall–Kier alpha value is -1.84. The molecule has 0 N–H and O–H groups in total. The van der Waals surface area contributed by atoms with Crippen molar-refractivity contribution < 1.29 is 4.79 Å². The van der Waals surface area contributed by atoms with Gasteiger partial charge in [-0.05, 0) is 33.8 Å². The highest BCUT2D eigenvalue weighted by molar-refractivity contribution is 5.77. The second kappa shape index (κ2) is 4.44. The molecular formula is C14H19N3O. The predicted octanol–water partition coefficient (Wildman–Crippen LogP) is 2.32. The van der Waals surface area contributed by atoms with E-state index in [4.69, 9.17) is 0 Å². The lowest BCUT2D eigenvalue weighted by Crippen LogP contribution is -2.06. The second-order valence-corrected chi connectivity index (χ2v) is 4.80. The lowest BCUT2D eigenvalue weighted by Gasteiger charge is -2.10. The quantitative estimate of drug-likeness (QED) is 0.778. The molecule has 0 bridgehead atoms. The van der Waals surface area contributed by atoms with Crippen molar-refractivity contribution in [1.82, 2.24) is 14.3 Å². The van der Waals surface area contributed by atoms with E-state index in [0.717, 1.165) is 35.5 Å². The Morgan fingerprint density at radius 3 is 2.33 bits per heavy atom. The number of carbonyl (C=O) groups excluding carboxylic acids is 1. The molecule has 0 aromatic carbocycles. The Kier molecular flexibility index (Phi) is 3.11. The van der Waals surface area contributed by atoms with Crippen LogP contribution in [0.15, 0.2) is 6.07 Å². The molecule has 0 aliphatic carbocycles. The SMILES string of the molecule is Cc1nn(C)c(C)c1Cn1c(C)cc(C=O)c1C. The van der Waals surface area contributed by atoms with Crippen LogP contribution in [0.1, 0.15) is 38.7 Å². The number of aldehydes is 1. The van der Waals surface area contributed by atoms with Crippen molar-refractivity contribution in [2.45, 2.75) is 34.2 Å². The smallest absolute Gasteiger partial charge is 0.151 e. The summed E-state index contributed by atoms with van der Waals surface area (Å²) >= 11 is 0. The normalized spacial score (nSPS) is 10.9. The molecule has 2 aromatic heterocycles. The van der Waals surface area contributed by atoms with Gasteiger partial charge in [0, 0.05) is 35.3 Å². The van der Waals surface area contributed by atoms with Crippen LogP contribution in [0.3, 0.4) is 0 Å². The van der Waals surface area contributed by atoms with Crippen molar-refractivity contribution in [2.75, 3.05) is 0 Å². The van der Waals surface area contributed by atoms with E-state index in [2.05, 4.69) is 16.6 Å². The Morgan fingerprint density at radius 2 is 1.89 bits per heavy atom. The number of aromatic nitrogens is 3. The topological polar surface area (TPSA) is 39.8 Å². The summed E-state index contributed by atoms with van der Waals surface area (Å²) in [6.45, 7) is 8.89. The van der Waals surface area contributed by atoms with E-state index in [0.29, 0.717) is 0 Å². The second-order valence-electron chi connectivity index (χ2n) is 4.80. The zero-order valence-electron chi connectivity index (χ0n) is 11.6. The molecule has 18 heavy (non-hydrogen) atoms. The Labute approximate surface area is 107 Å². The zero-order valence-corrected chi connectivity index (χ0v) is 11.6. The van der Waals surface area contributed by atoms with Crippen LogP contribution in [-0.2, 0) is 13.6 Å². The molecule has 0 saturated carbocycles. The van der Waals surface area contributed by atoms with Gasteiger partial charge in [-0.15, -0.1) is 0 Å². The number of aryl methyl sites for hydroxylation is 3. The summed E-state index contributed by atoms with van der Waals surface area (Å²) in [7, 11) is 1.96. The highest BCUT2D eigenvalue weighted by atomic mass is 16.1. The maximum absolute atomic E-state index is 11.0. The molecule has 2 heterocycles. The molecule has 2 aromatic rings. The van der Waals surface area contributed by atoms with Crippen LogP contribution in [0.25, 0.3) is 0 Å². The minimum absolute atomic E-state index is 0.770. The first-order chi connectivity index (χ1) is 8.45. The molecule has 0 atom stereocenters. The Morgan fingerprint density at radius 1 is 1.22 bits per heavy atom. The molecule has 0 spiro atoms. The maximum atomic E-state index is 11.0. The number of carbonyl (C=O) groups is 1. The summed E-state index contributed by atoms with van der Waals surface area (Å²) in [4.78, 5) is 11.0. The van der Waals surface area contributed by atoms with E-state index in [1.165, 1.54) is 11.3 Å². The lowest BCUT2D eigenvalue weighted by atomic mass is 10.2. The van der Waals surface area contributed by atoms with Crippen molar-refractivity contribution >= 4 is 6.29 Å². The van der Waals surface area contributed by atoms with Crippen LogP contribution in [0.5, 0.6) is 0 Å². The van der Waals surface area contributed by atoms with Crippen LogP contribution in [0.4, 0.5) is 0 Å². The van der Waals surface area contributed by atoms with E-state index >= 15 is 0 Å². The maximum Gasteiger partial charge on any atom is 0.151 e. The number of hydrogen-bond acceptors (Lipinski definition) is 2. The van der Waals surface area contributed by atoms with Crippen molar-refractivity contribution in [1.29, 1.82) is 0 Å². The summed E-state index contributed by atoms with van der Waals surface area (Å²) in [6.07, 6.45) is 0.918. The number of hydrogen-bond donors (Lipinski definition) is 0. The third kappa shape index (κ3) is 1.88. The summed E-state index contributed by atoms with van der Waals surface area (Å²) in [5, 5.41) is 4.43. The first-order valence-electron chi connectivity index (χ1n) is 6.06. The van der Waals surface area contributed by atoms with Gasteiger partial charge in [0.15, 0.2) is 6.29 Å². The largest absolute Gasteiger partial charge is 0.344 e. The zero-order chi connectivity index (χ0) is 13.4. The van der Waals surface area contributed by atoms with Gasteiger partial charge in [-0.1, -0.05) is 0 Å². The van der Waals surface area contributed by atoms with Crippen LogP contribution in [0.2, 0.25) is 0 Å². The average molecular weight is 245 g/mol. The summed E-state index contributed by atoms with van der Waals surface area (Å²) in [6, 6.07) is 1.93. The van der Waals surface area contributed by atoms with E-state index in [9.17, 15) is 4.79 Å². The van der Waals surface area contributed by atoms with E-state index in [-0.39, 0.29) is 0 Å². The van der Waals surface area contributed by atoms with Crippen molar-refractivity contribution in [3.63, 3.8) is 0 Å². The van der Waals surface area contributed by atoms with Gasteiger partial charge in [-0.2, -0.15) is 5.10 Å². The highest BCUT2D eigenvalue weighted by Crippen LogP contribution is 2.19. The van der Waals surface area contributed by atoms with Crippen molar-refractivity contribution in [2.24, 2.45) is 7.05 Å². The van der Waals surface area contributed by atoms with Crippen molar-refractivity contribution in [3.05, 3.63) is 40.0 Å². The molecule has 0 unspecified atom stereocenters. The predicted molar refractivity (Wildman–Crippen MR) is 71.1 cm³/mol. The van der Waals surface area contributed by atoms with Crippen LogP contribution in [-0.4, -0.2) is 20.6 Å². The van der Waals surface area contributed by atoms with Crippen LogP contribution < -0.4 is 0 Å². The van der Waals surface area contributed by atoms with Gasteiger partial charge in [-0.3, -0.25) is 9.48 Å². The highest BCUT2D eigenvalue weighted by Gasteiger charge is 2.14. The van der Waals surface area contributed by atoms with Gasteiger partial charge in [0.1, 0.15) is 0 Å². The molecule has 0 aliphatic heterocycles. The van der Waals surface area contributed by atoms with Gasteiger partial charge >= 0.3 is 0 Å². The molecule has 4 nitrogen and oxygen atoms in total.